The van der Waals surface area contributed by atoms with E-state index in [1.807, 2.05) is 6.07 Å². The molecule has 1 heterocycles. The maximum absolute atomic E-state index is 12.6. The fourth-order valence-corrected chi connectivity index (χ4v) is 4.94. The summed E-state index contributed by atoms with van der Waals surface area (Å²) in [4.78, 5) is 17.4. The van der Waals surface area contributed by atoms with Crippen molar-refractivity contribution < 1.29 is 4.79 Å². The van der Waals surface area contributed by atoms with Crippen molar-refractivity contribution in [1.29, 1.82) is 0 Å². The molecule has 0 radical (unpaired) electrons. The second-order valence-electron chi connectivity index (χ2n) is 9.40. The standard InChI is InChI=1S/C27H43N3O/c1-2-3-4-5-6-7-8-9-10-16-21-30-25-20-15-14-19-24(25)29-26(30)22-28-27(31)23-17-12-11-13-18-23/h14-15,19-20,23H,2-13,16-18,21-22H2,1H3,(H,28,31). The number of amides is 1. The van der Waals surface area contributed by atoms with Crippen molar-refractivity contribution >= 4 is 16.9 Å². The van der Waals surface area contributed by atoms with E-state index in [-0.39, 0.29) is 11.8 Å². The third kappa shape index (κ3) is 7.66. The molecule has 1 N–H and O–H groups in total. The Kier molecular flexibility index (Phi) is 10.4. The summed E-state index contributed by atoms with van der Waals surface area (Å²) in [7, 11) is 0. The van der Waals surface area contributed by atoms with Crippen LogP contribution in [0.1, 0.15) is 109 Å². The summed E-state index contributed by atoms with van der Waals surface area (Å²) in [6.07, 6.45) is 19.2. The Balaban J connectivity index is 1.45. The van der Waals surface area contributed by atoms with Crippen LogP contribution in [-0.4, -0.2) is 15.5 Å². The normalized spacial score (nSPS) is 14.9. The summed E-state index contributed by atoms with van der Waals surface area (Å²) < 4.78 is 2.33. The average Bonchev–Trinajstić information content (AvgIpc) is 3.16. The molecule has 1 aliphatic rings. The van der Waals surface area contributed by atoms with E-state index in [1.54, 1.807) is 0 Å². The monoisotopic (exact) mass is 425 g/mol. The number of aryl methyl sites for hydroxylation is 1. The summed E-state index contributed by atoms with van der Waals surface area (Å²) >= 11 is 0. The molecule has 31 heavy (non-hydrogen) atoms. The van der Waals surface area contributed by atoms with Gasteiger partial charge in [-0.2, -0.15) is 0 Å². The van der Waals surface area contributed by atoms with E-state index in [0.717, 1.165) is 30.7 Å². The summed E-state index contributed by atoms with van der Waals surface area (Å²) in [5.74, 6) is 1.42. The van der Waals surface area contributed by atoms with Crippen LogP contribution < -0.4 is 5.32 Å². The van der Waals surface area contributed by atoms with Crippen LogP contribution in [-0.2, 0) is 17.9 Å². The largest absolute Gasteiger partial charge is 0.349 e. The maximum atomic E-state index is 12.6. The number of fused-ring (bicyclic) bond motifs is 1. The molecule has 0 unspecified atom stereocenters. The van der Waals surface area contributed by atoms with Crippen molar-refractivity contribution in [2.75, 3.05) is 0 Å². The van der Waals surface area contributed by atoms with E-state index in [9.17, 15) is 4.79 Å². The third-order valence-electron chi connectivity index (χ3n) is 6.87. The zero-order valence-electron chi connectivity index (χ0n) is 19.7. The zero-order valence-corrected chi connectivity index (χ0v) is 19.7. The first kappa shape index (κ1) is 23.8. The molecule has 0 aliphatic heterocycles. The minimum atomic E-state index is 0.202. The van der Waals surface area contributed by atoms with Gasteiger partial charge in [0.05, 0.1) is 17.6 Å². The first-order chi connectivity index (χ1) is 15.3. The fourth-order valence-electron chi connectivity index (χ4n) is 4.94. The molecule has 4 nitrogen and oxygen atoms in total. The van der Waals surface area contributed by atoms with Gasteiger partial charge in [-0.25, -0.2) is 4.98 Å². The molecule has 1 amide bonds. The number of carbonyl (C=O) groups is 1. The Labute approximate surface area is 189 Å². The molecule has 3 rings (SSSR count). The van der Waals surface area contributed by atoms with Gasteiger partial charge in [0.1, 0.15) is 5.82 Å². The second-order valence-corrected chi connectivity index (χ2v) is 9.40. The Morgan fingerprint density at radius 2 is 1.58 bits per heavy atom. The lowest BCUT2D eigenvalue weighted by Gasteiger charge is -2.20. The van der Waals surface area contributed by atoms with Gasteiger partial charge in [0.2, 0.25) is 5.91 Å². The van der Waals surface area contributed by atoms with Gasteiger partial charge in [0, 0.05) is 12.5 Å². The number of para-hydroxylation sites is 2. The summed E-state index contributed by atoms with van der Waals surface area (Å²) in [6, 6.07) is 8.37. The smallest absolute Gasteiger partial charge is 0.223 e. The molecular weight excluding hydrogens is 382 g/mol. The van der Waals surface area contributed by atoms with E-state index < -0.39 is 0 Å². The van der Waals surface area contributed by atoms with Crippen molar-refractivity contribution in [3.63, 3.8) is 0 Å². The Morgan fingerprint density at radius 1 is 0.935 bits per heavy atom. The third-order valence-corrected chi connectivity index (χ3v) is 6.87. The van der Waals surface area contributed by atoms with Crippen molar-refractivity contribution in [3.8, 4) is 0 Å². The van der Waals surface area contributed by atoms with Crippen LogP contribution in [0.5, 0.6) is 0 Å². The van der Waals surface area contributed by atoms with Crippen LogP contribution in [0.3, 0.4) is 0 Å². The lowest BCUT2D eigenvalue weighted by atomic mass is 9.89. The Bertz CT molecular complexity index is 776. The molecule has 0 spiro atoms. The average molecular weight is 426 g/mol. The van der Waals surface area contributed by atoms with Gasteiger partial charge in [0.25, 0.3) is 0 Å². The van der Waals surface area contributed by atoms with E-state index >= 15 is 0 Å². The molecule has 0 atom stereocenters. The molecule has 4 heteroatoms. The maximum Gasteiger partial charge on any atom is 0.223 e. The first-order valence-electron chi connectivity index (χ1n) is 13.0. The van der Waals surface area contributed by atoms with Crippen molar-refractivity contribution in [3.05, 3.63) is 30.1 Å². The highest BCUT2D eigenvalue weighted by Crippen LogP contribution is 2.24. The summed E-state index contributed by atoms with van der Waals surface area (Å²) in [6.45, 7) is 3.81. The molecule has 2 aromatic rings. The minimum Gasteiger partial charge on any atom is -0.349 e. The molecule has 1 aromatic carbocycles. The number of benzene rings is 1. The van der Waals surface area contributed by atoms with Gasteiger partial charge in [-0.05, 0) is 31.4 Å². The van der Waals surface area contributed by atoms with Crippen LogP contribution in [0.4, 0.5) is 0 Å². The molecule has 1 aliphatic carbocycles. The second kappa shape index (κ2) is 13.5. The number of hydrogen-bond donors (Lipinski definition) is 1. The van der Waals surface area contributed by atoms with Gasteiger partial charge in [-0.3, -0.25) is 4.79 Å². The van der Waals surface area contributed by atoms with E-state index in [2.05, 4.69) is 35.0 Å². The fraction of sp³-hybridized carbons (Fsp3) is 0.704. The molecule has 0 saturated heterocycles. The summed E-state index contributed by atoms with van der Waals surface area (Å²) in [5.41, 5.74) is 2.23. The highest BCUT2D eigenvalue weighted by atomic mass is 16.1. The van der Waals surface area contributed by atoms with Crippen LogP contribution in [0.2, 0.25) is 0 Å². The first-order valence-corrected chi connectivity index (χ1v) is 13.0. The Morgan fingerprint density at radius 3 is 2.29 bits per heavy atom. The number of rotatable bonds is 14. The van der Waals surface area contributed by atoms with Gasteiger partial charge >= 0.3 is 0 Å². The SMILES string of the molecule is CCCCCCCCCCCCn1c(CNC(=O)C2CCCCC2)nc2ccccc21. The van der Waals surface area contributed by atoms with Gasteiger partial charge in [-0.1, -0.05) is 96.1 Å². The molecule has 1 aromatic heterocycles. The topological polar surface area (TPSA) is 46.9 Å². The number of hydrogen-bond acceptors (Lipinski definition) is 2. The van der Waals surface area contributed by atoms with E-state index in [0.29, 0.717) is 6.54 Å². The quantitative estimate of drug-likeness (QED) is 0.327. The molecule has 1 saturated carbocycles. The highest BCUT2D eigenvalue weighted by Gasteiger charge is 2.21. The number of aromatic nitrogens is 2. The highest BCUT2D eigenvalue weighted by molar-refractivity contribution is 5.79. The summed E-state index contributed by atoms with van der Waals surface area (Å²) in [5, 5.41) is 3.19. The molecule has 1 fully saturated rings. The lowest BCUT2D eigenvalue weighted by Crippen LogP contribution is -2.32. The molecule has 0 bridgehead atoms. The van der Waals surface area contributed by atoms with Gasteiger partial charge < -0.3 is 9.88 Å². The number of carbonyl (C=O) groups excluding carboxylic acids is 1. The molecular formula is C27H43N3O. The Hall–Kier alpha value is -1.84. The van der Waals surface area contributed by atoms with Crippen LogP contribution in [0, 0.1) is 5.92 Å². The van der Waals surface area contributed by atoms with Crippen molar-refractivity contribution in [2.45, 2.75) is 116 Å². The number of unbranched alkanes of at least 4 members (excludes halogenated alkanes) is 9. The zero-order chi connectivity index (χ0) is 21.7. The predicted molar refractivity (Wildman–Crippen MR) is 130 cm³/mol. The van der Waals surface area contributed by atoms with E-state index in [1.165, 1.54) is 89.0 Å². The van der Waals surface area contributed by atoms with Crippen LogP contribution in [0.15, 0.2) is 24.3 Å². The van der Waals surface area contributed by atoms with Gasteiger partial charge in [-0.15, -0.1) is 0 Å². The van der Waals surface area contributed by atoms with E-state index in [4.69, 9.17) is 4.98 Å². The van der Waals surface area contributed by atoms with Crippen LogP contribution >= 0.6 is 0 Å². The number of nitrogens with zero attached hydrogens (tertiary/aromatic N) is 2. The predicted octanol–water partition coefficient (Wildman–Crippen LogP) is 7.15. The van der Waals surface area contributed by atoms with Crippen molar-refractivity contribution in [1.82, 2.24) is 14.9 Å². The van der Waals surface area contributed by atoms with Crippen molar-refractivity contribution in [2.24, 2.45) is 5.92 Å². The van der Waals surface area contributed by atoms with Gasteiger partial charge in [0.15, 0.2) is 0 Å². The number of imidazole rings is 1. The minimum absolute atomic E-state index is 0.202. The molecule has 172 valence electrons. The van der Waals surface area contributed by atoms with Crippen LogP contribution in [0.25, 0.3) is 11.0 Å². The number of nitrogens with one attached hydrogen (secondary N) is 1. The lowest BCUT2D eigenvalue weighted by molar-refractivity contribution is -0.126.